The van der Waals surface area contributed by atoms with Crippen molar-refractivity contribution in [2.45, 2.75) is 39.7 Å². The van der Waals surface area contributed by atoms with E-state index in [4.69, 9.17) is 9.47 Å². The topological polar surface area (TPSA) is 125 Å². The first-order valence-corrected chi connectivity index (χ1v) is 8.25. The van der Waals surface area contributed by atoms with Gasteiger partial charge in [0.15, 0.2) is 6.61 Å². The Morgan fingerprint density at radius 3 is 2.04 bits per heavy atom. The highest BCUT2D eigenvalue weighted by Gasteiger charge is 2.20. The Hall–Kier alpha value is -2.97. The number of nitro benzene ring substituents is 1. The summed E-state index contributed by atoms with van der Waals surface area (Å²) in [7, 11) is 0. The smallest absolute Gasteiger partial charge is 0.338 e. The van der Waals surface area contributed by atoms with E-state index in [1.54, 1.807) is 6.92 Å². The molecule has 0 aliphatic heterocycles. The van der Waals surface area contributed by atoms with Crippen molar-refractivity contribution >= 4 is 23.5 Å². The SMILES string of the molecule is CCOC(=O)c1cc(C(=O)OCC(=O)NC(CC)CC)cc([N+](=O)[O-])c1. The zero-order valence-corrected chi connectivity index (χ0v) is 14.9. The second kappa shape index (κ2) is 10.1. The quantitative estimate of drug-likeness (QED) is 0.403. The molecule has 26 heavy (non-hydrogen) atoms. The molecule has 0 spiro atoms. The lowest BCUT2D eigenvalue weighted by molar-refractivity contribution is -0.384. The van der Waals surface area contributed by atoms with Gasteiger partial charge in [-0.15, -0.1) is 0 Å². The highest BCUT2D eigenvalue weighted by molar-refractivity contribution is 5.97. The minimum atomic E-state index is -0.945. The van der Waals surface area contributed by atoms with E-state index in [-0.39, 0.29) is 23.8 Å². The van der Waals surface area contributed by atoms with Crippen molar-refractivity contribution < 1.29 is 28.8 Å². The molecule has 0 saturated heterocycles. The van der Waals surface area contributed by atoms with Gasteiger partial charge in [-0.3, -0.25) is 14.9 Å². The summed E-state index contributed by atoms with van der Waals surface area (Å²) in [6.45, 7) is 4.98. The van der Waals surface area contributed by atoms with Crippen molar-refractivity contribution in [1.82, 2.24) is 5.32 Å². The number of carbonyl (C=O) groups excluding carboxylic acids is 3. The van der Waals surface area contributed by atoms with Gasteiger partial charge in [-0.05, 0) is 25.8 Å². The van der Waals surface area contributed by atoms with E-state index in [2.05, 4.69) is 5.32 Å². The number of nitro groups is 1. The van der Waals surface area contributed by atoms with Gasteiger partial charge < -0.3 is 14.8 Å². The fourth-order valence-electron chi connectivity index (χ4n) is 2.14. The molecule has 0 aromatic heterocycles. The van der Waals surface area contributed by atoms with Gasteiger partial charge in [-0.2, -0.15) is 0 Å². The van der Waals surface area contributed by atoms with Crippen LogP contribution in [0.2, 0.25) is 0 Å². The highest BCUT2D eigenvalue weighted by Crippen LogP contribution is 2.19. The molecule has 9 nitrogen and oxygen atoms in total. The lowest BCUT2D eigenvalue weighted by Gasteiger charge is -2.14. The number of carbonyl (C=O) groups is 3. The highest BCUT2D eigenvalue weighted by atomic mass is 16.6. The molecule has 1 aromatic rings. The number of non-ortho nitro benzene ring substituents is 1. The molecule has 1 rings (SSSR count). The van der Waals surface area contributed by atoms with E-state index >= 15 is 0 Å². The molecular weight excluding hydrogens is 344 g/mol. The van der Waals surface area contributed by atoms with Crippen molar-refractivity contribution in [1.29, 1.82) is 0 Å². The molecule has 0 saturated carbocycles. The molecule has 1 aromatic carbocycles. The molecule has 0 aliphatic carbocycles. The first kappa shape index (κ1) is 21.1. The van der Waals surface area contributed by atoms with Gasteiger partial charge in [0.05, 0.1) is 22.7 Å². The molecule has 0 aliphatic rings. The molecule has 0 radical (unpaired) electrons. The van der Waals surface area contributed by atoms with Crippen LogP contribution < -0.4 is 5.32 Å². The summed E-state index contributed by atoms with van der Waals surface area (Å²) in [5, 5.41) is 13.7. The van der Waals surface area contributed by atoms with Gasteiger partial charge in [0, 0.05) is 18.2 Å². The maximum atomic E-state index is 12.1. The molecular formula is C17H22N2O7. The Labute approximate surface area is 150 Å². The fourth-order valence-corrected chi connectivity index (χ4v) is 2.14. The minimum Gasteiger partial charge on any atom is -0.462 e. The van der Waals surface area contributed by atoms with Gasteiger partial charge in [0.2, 0.25) is 0 Å². The average molecular weight is 366 g/mol. The molecule has 9 heteroatoms. The van der Waals surface area contributed by atoms with Crippen LogP contribution in [0.5, 0.6) is 0 Å². The van der Waals surface area contributed by atoms with Crippen LogP contribution in [-0.4, -0.2) is 42.0 Å². The minimum absolute atomic E-state index is 0.0190. The van der Waals surface area contributed by atoms with Crippen LogP contribution in [0.15, 0.2) is 18.2 Å². The predicted molar refractivity (Wildman–Crippen MR) is 91.8 cm³/mol. The Bertz CT molecular complexity index is 684. The van der Waals surface area contributed by atoms with Crippen LogP contribution in [0, 0.1) is 10.1 Å². The van der Waals surface area contributed by atoms with Crippen molar-refractivity contribution in [2.75, 3.05) is 13.2 Å². The zero-order valence-electron chi connectivity index (χ0n) is 14.9. The lowest BCUT2D eigenvalue weighted by Crippen LogP contribution is -2.36. The van der Waals surface area contributed by atoms with Gasteiger partial charge in [0.1, 0.15) is 0 Å². The molecule has 0 unspecified atom stereocenters. The van der Waals surface area contributed by atoms with E-state index in [1.807, 2.05) is 13.8 Å². The third kappa shape index (κ3) is 6.15. The molecule has 0 atom stereocenters. The molecule has 0 heterocycles. The van der Waals surface area contributed by atoms with E-state index in [9.17, 15) is 24.5 Å². The second-order valence-electron chi connectivity index (χ2n) is 5.40. The predicted octanol–water partition coefficient (Wildman–Crippen LogP) is 2.23. The number of hydrogen-bond donors (Lipinski definition) is 1. The fraction of sp³-hybridized carbons (Fsp3) is 0.471. The first-order valence-electron chi connectivity index (χ1n) is 8.25. The van der Waals surface area contributed by atoms with Gasteiger partial charge >= 0.3 is 11.9 Å². The molecule has 0 bridgehead atoms. The first-order chi connectivity index (χ1) is 12.3. The third-order valence-electron chi connectivity index (χ3n) is 3.56. The summed E-state index contributed by atoms with van der Waals surface area (Å²) in [6.07, 6.45) is 1.48. The summed E-state index contributed by atoms with van der Waals surface area (Å²) in [6, 6.07) is 3.10. The molecule has 1 N–H and O–H groups in total. The second-order valence-corrected chi connectivity index (χ2v) is 5.40. The van der Waals surface area contributed by atoms with Gasteiger partial charge in [-0.25, -0.2) is 9.59 Å². The monoisotopic (exact) mass is 366 g/mol. The Kier molecular flexibility index (Phi) is 8.20. The summed E-state index contributed by atoms with van der Waals surface area (Å²) in [4.78, 5) is 45.9. The summed E-state index contributed by atoms with van der Waals surface area (Å²) >= 11 is 0. The Morgan fingerprint density at radius 2 is 1.58 bits per heavy atom. The number of hydrogen-bond acceptors (Lipinski definition) is 7. The van der Waals surface area contributed by atoms with E-state index in [0.717, 1.165) is 31.0 Å². The normalized spacial score (nSPS) is 10.3. The van der Waals surface area contributed by atoms with E-state index in [0.29, 0.717) is 0 Å². The van der Waals surface area contributed by atoms with Crippen molar-refractivity contribution in [2.24, 2.45) is 0 Å². The van der Waals surface area contributed by atoms with Crippen LogP contribution in [0.4, 0.5) is 5.69 Å². The summed E-state index contributed by atoms with van der Waals surface area (Å²) in [5.74, 6) is -2.21. The maximum absolute atomic E-state index is 12.1. The number of ether oxygens (including phenoxy) is 2. The lowest BCUT2D eigenvalue weighted by atomic mass is 10.1. The molecule has 142 valence electrons. The molecule has 1 amide bonds. The van der Waals surface area contributed by atoms with Crippen molar-refractivity contribution in [3.63, 3.8) is 0 Å². The van der Waals surface area contributed by atoms with Gasteiger partial charge in [0.25, 0.3) is 11.6 Å². The molecule has 0 fully saturated rings. The van der Waals surface area contributed by atoms with Crippen LogP contribution in [0.25, 0.3) is 0 Å². The third-order valence-corrected chi connectivity index (χ3v) is 3.56. The van der Waals surface area contributed by atoms with Crippen molar-refractivity contribution in [3.8, 4) is 0 Å². The Balaban J connectivity index is 2.89. The maximum Gasteiger partial charge on any atom is 0.338 e. The number of amides is 1. The largest absolute Gasteiger partial charge is 0.462 e. The number of nitrogens with one attached hydrogen (secondary N) is 1. The number of nitrogens with zero attached hydrogens (tertiary/aromatic N) is 1. The summed E-state index contributed by atoms with van der Waals surface area (Å²) in [5.41, 5.74) is -0.809. The number of benzene rings is 1. The number of rotatable bonds is 9. The van der Waals surface area contributed by atoms with Gasteiger partial charge in [-0.1, -0.05) is 13.8 Å². The van der Waals surface area contributed by atoms with Crippen LogP contribution in [0.3, 0.4) is 0 Å². The average Bonchev–Trinajstić information content (AvgIpc) is 2.63. The summed E-state index contributed by atoms with van der Waals surface area (Å²) < 4.78 is 9.67. The zero-order chi connectivity index (χ0) is 19.7. The Morgan fingerprint density at radius 1 is 1.04 bits per heavy atom. The van der Waals surface area contributed by atoms with Crippen molar-refractivity contribution in [3.05, 3.63) is 39.4 Å². The van der Waals surface area contributed by atoms with Crippen LogP contribution in [0.1, 0.15) is 54.3 Å². The van der Waals surface area contributed by atoms with E-state index < -0.39 is 35.1 Å². The standard InChI is InChI=1S/C17H22N2O7/c1-4-13(5-2)18-15(20)10-26-17(22)12-7-11(16(21)25-6-3)8-14(9-12)19(23)24/h7-9,13H,4-6,10H2,1-3H3,(H,18,20). The van der Waals surface area contributed by atoms with Crippen LogP contribution >= 0.6 is 0 Å². The number of esters is 2. The van der Waals surface area contributed by atoms with E-state index in [1.165, 1.54) is 0 Å². The van der Waals surface area contributed by atoms with Crippen LogP contribution in [-0.2, 0) is 14.3 Å².